The molecule has 1 aromatic carbocycles. The van der Waals surface area contributed by atoms with Crippen molar-refractivity contribution in [1.29, 1.82) is 0 Å². The second-order valence-electron chi connectivity index (χ2n) is 4.42. The third-order valence-electron chi connectivity index (χ3n) is 3.09. The second-order valence-corrected chi connectivity index (χ2v) is 4.42. The molecule has 5 heteroatoms. The van der Waals surface area contributed by atoms with Crippen LogP contribution in [0.3, 0.4) is 0 Å². The number of carboxylic acid groups (broad SMARTS) is 1. The summed E-state index contributed by atoms with van der Waals surface area (Å²) >= 11 is 0. The van der Waals surface area contributed by atoms with Crippen LogP contribution < -0.4 is 0 Å². The molecule has 0 bridgehead atoms. The highest BCUT2D eigenvalue weighted by atomic mass is 19.1. The molecule has 1 atom stereocenters. The zero-order chi connectivity index (χ0) is 13.8. The van der Waals surface area contributed by atoms with Crippen molar-refractivity contribution in [3.05, 3.63) is 41.7 Å². The molecular formula is C14H14FNO3. The van der Waals surface area contributed by atoms with Gasteiger partial charge in [-0.1, -0.05) is 12.1 Å². The Hall–Kier alpha value is -2.17. The summed E-state index contributed by atoms with van der Waals surface area (Å²) in [4.78, 5) is 24.2. The average Bonchev–Trinajstić information content (AvgIpc) is 2.85. The molecular weight excluding hydrogens is 249 g/mol. The standard InChI is InChI=1S/C14H14FNO3/c15-11-4-1-3-10(9-11)6-7-13(17)16-8-2-5-12(16)14(18)19/h1,3-4,6-7,9,12H,2,5,8H2,(H,18,19). The SMILES string of the molecule is O=C(O)C1CCCN1C(=O)C=Cc1cccc(F)c1. The number of hydrogen-bond donors (Lipinski definition) is 1. The summed E-state index contributed by atoms with van der Waals surface area (Å²) in [5.74, 6) is -1.71. The van der Waals surface area contributed by atoms with Gasteiger partial charge >= 0.3 is 5.97 Å². The molecule has 1 saturated heterocycles. The van der Waals surface area contributed by atoms with Crippen LogP contribution in [-0.4, -0.2) is 34.5 Å². The fraction of sp³-hybridized carbons (Fsp3) is 0.286. The quantitative estimate of drug-likeness (QED) is 0.847. The molecule has 1 unspecified atom stereocenters. The first-order valence-corrected chi connectivity index (χ1v) is 6.05. The van der Waals surface area contributed by atoms with Crippen molar-refractivity contribution < 1.29 is 19.1 Å². The molecule has 0 aliphatic carbocycles. The smallest absolute Gasteiger partial charge is 0.326 e. The maximum absolute atomic E-state index is 13.0. The molecule has 1 aromatic rings. The summed E-state index contributed by atoms with van der Waals surface area (Å²) in [5, 5.41) is 8.99. The lowest BCUT2D eigenvalue weighted by Gasteiger charge is -2.19. The second kappa shape index (κ2) is 5.65. The highest BCUT2D eigenvalue weighted by molar-refractivity contribution is 5.94. The van der Waals surface area contributed by atoms with Gasteiger partial charge in [0.15, 0.2) is 0 Å². The Kier molecular flexibility index (Phi) is 3.94. The molecule has 4 nitrogen and oxygen atoms in total. The van der Waals surface area contributed by atoms with Gasteiger partial charge in [-0.15, -0.1) is 0 Å². The van der Waals surface area contributed by atoms with Crippen molar-refractivity contribution in [2.75, 3.05) is 6.54 Å². The summed E-state index contributed by atoms with van der Waals surface area (Å²) < 4.78 is 13.0. The number of rotatable bonds is 3. The van der Waals surface area contributed by atoms with Crippen LogP contribution in [0.1, 0.15) is 18.4 Å². The van der Waals surface area contributed by atoms with Crippen LogP contribution in [0, 0.1) is 5.82 Å². The number of carbonyl (C=O) groups is 2. The van der Waals surface area contributed by atoms with Gasteiger partial charge in [0.2, 0.25) is 5.91 Å². The van der Waals surface area contributed by atoms with Crippen LogP contribution in [0.4, 0.5) is 4.39 Å². The van der Waals surface area contributed by atoms with E-state index in [1.54, 1.807) is 12.1 Å². The van der Waals surface area contributed by atoms with Crippen molar-refractivity contribution in [3.8, 4) is 0 Å². The van der Waals surface area contributed by atoms with Gasteiger partial charge in [0, 0.05) is 12.6 Å². The third-order valence-corrected chi connectivity index (χ3v) is 3.09. The number of nitrogens with zero attached hydrogens (tertiary/aromatic N) is 1. The highest BCUT2D eigenvalue weighted by Crippen LogP contribution is 2.18. The average molecular weight is 263 g/mol. The van der Waals surface area contributed by atoms with Crippen LogP contribution in [-0.2, 0) is 9.59 Å². The molecule has 0 aromatic heterocycles. The fourth-order valence-electron chi connectivity index (χ4n) is 2.16. The number of carbonyl (C=O) groups excluding carboxylic acids is 1. The maximum atomic E-state index is 13.0. The van der Waals surface area contributed by atoms with E-state index < -0.39 is 12.0 Å². The molecule has 1 N–H and O–H groups in total. The summed E-state index contributed by atoms with van der Waals surface area (Å²) in [6, 6.07) is 5.10. The minimum Gasteiger partial charge on any atom is -0.480 e. The van der Waals surface area contributed by atoms with E-state index >= 15 is 0 Å². The zero-order valence-electron chi connectivity index (χ0n) is 10.3. The van der Waals surface area contributed by atoms with Crippen LogP contribution in [0.2, 0.25) is 0 Å². The summed E-state index contributed by atoms with van der Waals surface area (Å²) in [6.45, 7) is 0.448. The van der Waals surface area contributed by atoms with Gasteiger partial charge in [-0.05, 0) is 36.6 Å². The molecule has 19 heavy (non-hydrogen) atoms. The van der Waals surface area contributed by atoms with Crippen molar-refractivity contribution in [3.63, 3.8) is 0 Å². The Morgan fingerprint density at radius 1 is 1.42 bits per heavy atom. The Bertz CT molecular complexity index is 527. The van der Waals surface area contributed by atoms with E-state index in [-0.39, 0.29) is 11.7 Å². The largest absolute Gasteiger partial charge is 0.480 e. The van der Waals surface area contributed by atoms with Gasteiger partial charge in [-0.25, -0.2) is 9.18 Å². The van der Waals surface area contributed by atoms with Crippen molar-refractivity contribution in [1.82, 2.24) is 4.90 Å². The number of benzene rings is 1. The monoisotopic (exact) mass is 263 g/mol. The van der Waals surface area contributed by atoms with Gasteiger partial charge in [0.1, 0.15) is 11.9 Å². The zero-order valence-corrected chi connectivity index (χ0v) is 10.3. The molecule has 1 aliphatic rings. The lowest BCUT2D eigenvalue weighted by atomic mass is 10.2. The minimum atomic E-state index is -0.981. The van der Waals surface area contributed by atoms with Gasteiger partial charge in [-0.2, -0.15) is 0 Å². The van der Waals surface area contributed by atoms with Gasteiger partial charge in [-0.3, -0.25) is 4.79 Å². The summed E-state index contributed by atoms with van der Waals surface area (Å²) in [6.07, 6.45) is 3.95. The predicted octanol–water partition coefficient (Wildman–Crippen LogP) is 1.91. The number of carboxylic acids is 1. The van der Waals surface area contributed by atoms with Gasteiger partial charge in [0.25, 0.3) is 0 Å². The minimum absolute atomic E-state index is 0.353. The molecule has 0 spiro atoms. The number of aliphatic carboxylic acids is 1. The molecule has 0 saturated carbocycles. The van der Waals surface area contributed by atoms with E-state index in [9.17, 15) is 14.0 Å². The molecule has 1 heterocycles. The Balaban J connectivity index is 2.06. The number of amides is 1. The molecule has 1 fully saturated rings. The van der Waals surface area contributed by atoms with Gasteiger partial charge in [0.05, 0.1) is 0 Å². The van der Waals surface area contributed by atoms with E-state index in [1.165, 1.54) is 29.2 Å². The first kappa shape index (κ1) is 13.3. The number of likely N-dealkylation sites (tertiary alicyclic amines) is 1. The third kappa shape index (κ3) is 3.19. The van der Waals surface area contributed by atoms with Gasteiger partial charge < -0.3 is 10.0 Å². The maximum Gasteiger partial charge on any atom is 0.326 e. The molecule has 100 valence electrons. The van der Waals surface area contributed by atoms with Crippen molar-refractivity contribution in [2.24, 2.45) is 0 Å². The number of hydrogen-bond acceptors (Lipinski definition) is 2. The van der Waals surface area contributed by atoms with E-state index in [0.717, 1.165) is 0 Å². The van der Waals surface area contributed by atoms with E-state index in [0.29, 0.717) is 24.9 Å². The van der Waals surface area contributed by atoms with Crippen LogP contribution in [0.25, 0.3) is 6.08 Å². The summed E-state index contributed by atoms with van der Waals surface area (Å²) in [7, 11) is 0. The van der Waals surface area contributed by atoms with Crippen LogP contribution in [0.5, 0.6) is 0 Å². The number of halogens is 1. The molecule has 0 radical (unpaired) electrons. The topological polar surface area (TPSA) is 57.6 Å². The predicted molar refractivity (Wildman–Crippen MR) is 67.8 cm³/mol. The first-order valence-electron chi connectivity index (χ1n) is 6.05. The first-order chi connectivity index (χ1) is 9.08. The van der Waals surface area contributed by atoms with Crippen molar-refractivity contribution in [2.45, 2.75) is 18.9 Å². The highest BCUT2D eigenvalue weighted by Gasteiger charge is 2.32. The Morgan fingerprint density at radius 2 is 2.21 bits per heavy atom. The van der Waals surface area contributed by atoms with Crippen LogP contribution in [0.15, 0.2) is 30.3 Å². The Labute approximate surface area is 110 Å². The molecule has 2 rings (SSSR count). The molecule has 1 aliphatic heterocycles. The molecule has 1 amide bonds. The van der Waals surface area contributed by atoms with Crippen LogP contribution >= 0.6 is 0 Å². The Morgan fingerprint density at radius 3 is 2.89 bits per heavy atom. The van der Waals surface area contributed by atoms with Crippen molar-refractivity contribution >= 4 is 18.0 Å². The normalized spacial score (nSPS) is 19.0. The van der Waals surface area contributed by atoms with E-state index in [4.69, 9.17) is 5.11 Å². The lowest BCUT2D eigenvalue weighted by molar-refractivity contribution is -0.146. The lowest BCUT2D eigenvalue weighted by Crippen LogP contribution is -2.39. The summed E-state index contributed by atoms with van der Waals surface area (Å²) in [5.41, 5.74) is 0.569. The van der Waals surface area contributed by atoms with E-state index in [2.05, 4.69) is 0 Å². The van der Waals surface area contributed by atoms with E-state index in [1.807, 2.05) is 0 Å². The fourth-order valence-corrected chi connectivity index (χ4v) is 2.16.